The van der Waals surface area contributed by atoms with Crippen LogP contribution in [0.4, 0.5) is 23.0 Å². The minimum absolute atomic E-state index is 0.0279. The van der Waals surface area contributed by atoms with Gasteiger partial charge in [-0.2, -0.15) is 4.98 Å². The molecule has 184 valence electrons. The summed E-state index contributed by atoms with van der Waals surface area (Å²) >= 11 is 5.94. The summed E-state index contributed by atoms with van der Waals surface area (Å²) in [7, 11) is 2.13. The lowest BCUT2D eigenvalue weighted by molar-refractivity contribution is -0.385. The molecule has 2 aromatic heterocycles. The van der Waals surface area contributed by atoms with Gasteiger partial charge in [-0.25, -0.2) is 4.98 Å². The SMILES string of the molecule is CN1CCN(c2ccc(Nc3ncc4ccc(=O)n(Cc5ccc(Cl)cc5[N+](=O)[O-])c4n3)cc2)CC1. The van der Waals surface area contributed by atoms with Crippen LogP contribution in [0.2, 0.25) is 5.02 Å². The van der Waals surface area contributed by atoms with Crippen molar-refractivity contribution in [3.05, 3.63) is 91.8 Å². The molecule has 5 rings (SSSR count). The maximum Gasteiger partial charge on any atom is 0.275 e. The van der Waals surface area contributed by atoms with E-state index >= 15 is 0 Å². The molecule has 0 amide bonds. The summed E-state index contributed by atoms with van der Waals surface area (Å²) in [6.07, 6.45) is 1.62. The first kappa shape index (κ1) is 23.7. The average Bonchev–Trinajstić information content (AvgIpc) is 2.87. The van der Waals surface area contributed by atoms with Crippen LogP contribution in [-0.2, 0) is 6.54 Å². The first-order valence-electron chi connectivity index (χ1n) is 11.5. The standard InChI is InChI=1S/C25H24ClN7O3/c1-30-10-12-31(13-11-30)21-7-5-20(6-8-21)28-25-27-15-17-3-9-23(34)32(24(17)29-25)16-18-2-4-19(26)14-22(18)33(35)36/h2-9,14-15H,10-13,16H2,1H3,(H,27,28,29). The first-order valence-corrected chi connectivity index (χ1v) is 11.9. The van der Waals surface area contributed by atoms with Gasteiger partial charge < -0.3 is 15.1 Å². The molecule has 36 heavy (non-hydrogen) atoms. The van der Waals surface area contributed by atoms with E-state index in [1.165, 1.54) is 16.7 Å². The van der Waals surface area contributed by atoms with Crippen LogP contribution in [0.1, 0.15) is 5.56 Å². The zero-order chi connectivity index (χ0) is 25.2. The number of aromatic nitrogens is 3. The Labute approximate surface area is 211 Å². The highest BCUT2D eigenvalue weighted by atomic mass is 35.5. The minimum Gasteiger partial charge on any atom is -0.369 e. The summed E-state index contributed by atoms with van der Waals surface area (Å²) in [5.41, 5.74) is 2.22. The molecule has 2 aromatic carbocycles. The Hall–Kier alpha value is -4.02. The molecule has 0 bridgehead atoms. The van der Waals surface area contributed by atoms with Crippen molar-refractivity contribution in [2.45, 2.75) is 6.54 Å². The zero-order valence-electron chi connectivity index (χ0n) is 19.6. The number of likely N-dealkylation sites (N-methyl/N-ethyl adjacent to an activating group) is 1. The predicted molar refractivity (Wildman–Crippen MR) is 140 cm³/mol. The van der Waals surface area contributed by atoms with Crippen LogP contribution < -0.4 is 15.8 Å². The fourth-order valence-electron chi connectivity index (χ4n) is 4.24. The Kier molecular flexibility index (Phi) is 6.53. The highest BCUT2D eigenvalue weighted by Crippen LogP contribution is 2.25. The third kappa shape index (κ3) is 5.00. The second kappa shape index (κ2) is 9.92. The summed E-state index contributed by atoms with van der Waals surface area (Å²) in [5, 5.41) is 15.6. The van der Waals surface area contributed by atoms with Crippen LogP contribution in [0.3, 0.4) is 0 Å². The second-order valence-electron chi connectivity index (χ2n) is 8.72. The Bertz CT molecular complexity index is 1480. The van der Waals surface area contributed by atoms with Gasteiger partial charge in [0.05, 0.1) is 11.5 Å². The molecule has 1 aliphatic rings. The average molecular weight is 506 g/mol. The van der Waals surface area contributed by atoms with Gasteiger partial charge in [-0.1, -0.05) is 11.6 Å². The first-order chi connectivity index (χ1) is 17.4. The van der Waals surface area contributed by atoms with E-state index in [4.69, 9.17) is 11.6 Å². The Morgan fingerprint density at radius 3 is 2.53 bits per heavy atom. The number of piperazine rings is 1. The lowest BCUT2D eigenvalue weighted by Crippen LogP contribution is -2.44. The topological polar surface area (TPSA) is 109 Å². The number of hydrogen-bond donors (Lipinski definition) is 1. The number of benzene rings is 2. The molecule has 0 atom stereocenters. The van der Waals surface area contributed by atoms with Crippen molar-refractivity contribution in [1.29, 1.82) is 0 Å². The molecular formula is C25H24ClN7O3. The van der Waals surface area contributed by atoms with Crippen molar-refractivity contribution in [3.8, 4) is 0 Å². The van der Waals surface area contributed by atoms with E-state index in [2.05, 4.69) is 44.3 Å². The van der Waals surface area contributed by atoms with E-state index in [9.17, 15) is 14.9 Å². The second-order valence-corrected chi connectivity index (χ2v) is 9.16. The van der Waals surface area contributed by atoms with Crippen LogP contribution in [0.25, 0.3) is 11.0 Å². The molecule has 3 heterocycles. The van der Waals surface area contributed by atoms with Gasteiger partial charge in [-0.05, 0) is 49.5 Å². The zero-order valence-corrected chi connectivity index (χ0v) is 20.4. The van der Waals surface area contributed by atoms with Crippen LogP contribution in [0.15, 0.2) is 65.6 Å². The molecule has 0 aliphatic carbocycles. The van der Waals surface area contributed by atoms with Crippen molar-refractivity contribution >= 4 is 45.6 Å². The van der Waals surface area contributed by atoms with Crippen molar-refractivity contribution in [2.24, 2.45) is 0 Å². The van der Waals surface area contributed by atoms with Crippen LogP contribution in [0.5, 0.6) is 0 Å². The highest BCUT2D eigenvalue weighted by Gasteiger charge is 2.17. The van der Waals surface area contributed by atoms with Crippen molar-refractivity contribution < 1.29 is 4.92 Å². The van der Waals surface area contributed by atoms with E-state index in [0.29, 0.717) is 22.5 Å². The molecule has 10 nitrogen and oxygen atoms in total. The summed E-state index contributed by atoms with van der Waals surface area (Å²) in [6, 6.07) is 15.5. The van der Waals surface area contributed by atoms with Gasteiger partial charge in [0, 0.05) is 71.9 Å². The number of nitrogens with zero attached hydrogens (tertiary/aromatic N) is 6. The van der Waals surface area contributed by atoms with Crippen LogP contribution in [-0.4, -0.2) is 57.6 Å². The van der Waals surface area contributed by atoms with Crippen molar-refractivity contribution in [2.75, 3.05) is 43.4 Å². The van der Waals surface area contributed by atoms with Crippen LogP contribution >= 0.6 is 11.6 Å². The smallest absolute Gasteiger partial charge is 0.275 e. The molecule has 1 N–H and O–H groups in total. The molecular weight excluding hydrogens is 482 g/mol. The summed E-state index contributed by atoms with van der Waals surface area (Å²) in [4.78, 5) is 37.4. The van der Waals surface area contributed by atoms with E-state index in [0.717, 1.165) is 37.6 Å². The quantitative estimate of drug-likeness (QED) is 0.310. The molecule has 1 fully saturated rings. The third-order valence-electron chi connectivity index (χ3n) is 6.29. The minimum atomic E-state index is -0.509. The Morgan fingerprint density at radius 1 is 1.06 bits per heavy atom. The molecule has 1 saturated heterocycles. The van der Waals surface area contributed by atoms with Gasteiger partial charge in [0.15, 0.2) is 0 Å². The Morgan fingerprint density at radius 2 is 1.81 bits per heavy atom. The maximum absolute atomic E-state index is 12.7. The van der Waals surface area contributed by atoms with E-state index in [1.54, 1.807) is 24.4 Å². The number of nitrogens with one attached hydrogen (secondary N) is 1. The fourth-order valence-corrected chi connectivity index (χ4v) is 4.41. The van der Waals surface area contributed by atoms with Gasteiger partial charge in [0.2, 0.25) is 5.95 Å². The molecule has 0 unspecified atom stereocenters. The monoisotopic (exact) mass is 505 g/mol. The lowest BCUT2D eigenvalue weighted by atomic mass is 10.1. The molecule has 0 saturated carbocycles. The lowest BCUT2D eigenvalue weighted by Gasteiger charge is -2.34. The van der Waals surface area contributed by atoms with Gasteiger partial charge in [-0.15, -0.1) is 0 Å². The highest BCUT2D eigenvalue weighted by molar-refractivity contribution is 6.30. The number of pyridine rings is 1. The van der Waals surface area contributed by atoms with Crippen molar-refractivity contribution in [1.82, 2.24) is 19.4 Å². The fraction of sp³-hybridized carbons (Fsp3) is 0.240. The normalized spacial score (nSPS) is 14.2. The number of anilines is 3. The number of fused-ring (bicyclic) bond motifs is 1. The predicted octanol–water partition coefficient (Wildman–Crippen LogP) is 3.90. The summed E-state index contributed by atoms with van der Waals surface area (Å²) < 4.78 is 1.40. The number of nitro benzene ring substituents is 1. The summed E-state index contributed by atoms with van der Waals surface area (Å²) in [5.74, 6) is 0.319. The molecule has 0 radical (unpaired) electrons. The number of hydrogen-bond acceptors (Lipinski definition) is 8. The molecule has 1 aliphatic heterocycles. The number of nitro groups is 1. The van der Waals surface area contributed by atoms with Crippen molar-refractivity contribution in [3.63, 3.8) is 0 Å². The van der Waals surface area contributed by atoms with Gasteiger partial charge in [0.25, 0.3) is 11.2 Å². The van der Waals surface area contributed by atoms with E-state index < -0.39 is 4.92 Å². The Balaban J connectivity index is 1.42. The molecule has 4 aromatic rings. The number of halogens is 1. The van der Waals surface area contributed by atoms with Gasteiger partial charge in [-0.3, -0.25) is 19.5 Å². The molecule has 0 spiro atoms. The summed E-state index contributed by atoms with van der Waals surface area (Å²) in [6.45, 7) is 4.01. The van der Waals surface area contributed by atoms with E-state index in [1.807, 2.05) is 12.1 Å². The van der Waals surface area contributed by atoms with E-state index in [-0.39, 0.29) is 22.8 Å². The third-order valence-corrected chi connectivity index (χ3v) is 6.52. The van der Waals surface area contributed by atoms with Gasteiger partial charge in [0.1, 0.15) is 5.65 Å². The maximum atomic E-state index is 12.7. The number of rotatable bonds is 6. The largest absolute Gasteiger partial charge is 0.369 e. The molecule has 11 heteroatoms. The van der Waals surface area contributed by atoms with Gasteiger partial charge >= 0.3 is 0 Å². The van der Waals surface area contributed by atoms with Crippen LogP contribution in [0, 0.1) is 10.1 Å².